The van der Waals surface area contributed by atoms with E-state index in [1.807, 2.05) is 0 Å². The largest absolute Gasteiger partial charge is 0.370 e. The van der Waals surface area contributed by atoms with E-state index in [9.17, 15) is 0 Å². The van der Waals surface area contributed by atoms with E-state index in [-0.39, 0.29) is 5.41 Å². The molecule has 0 radical (unpaired) electrons. The Bertz CT molecular complexity index is 789. The molecule has 124 valence electrons. The van der Waals surface area contributed by atoms with E-state index < -0.39 is 0 Å². The number of allylic oxidation sites excluding steroid dienone is 2. The summed E-state index contributed by atoms with van der Waals surface area (Å²) in [7, 11) is 2.18. The Balaban J connectivity index is 2.08. The van der Waals surface area contributed by atoms with Gasteiger partial charge >= 0.3 is 0 Å². The summed E-state index contributed by atoms with van der Waals surface area (Å²) in [5.41, 5.74) is 8.11. The van der Waals surface area contributed by atoms with E-state index in [0.29, 0.717) is 0 Å². The van der Waals surface area contributed by atoms with E-state index in [1.165, 1.54) is 33.5 Å². The molecule has 0 aliphatic carbocycles. The van der Waals surface area contributed by atoms with Gasteiger partial charge in [-0.05, 0) is 46.7 Å². The van der Waals surface area contributed by atoms with E-state index in [0.717, 1.165) is 6.54 Å². The number of aryl methyl sites for hydroxylation is 1. The minimum absolute atomic E-state index is 0.178. The first-order valence-corrected chi connectivity index (χ1v) is 8.66. The van der Waals surface area contributed by atoms with Crippen LogP contribution in [0, 0.1) is 12.3 Å². The van der Waals surface area contributed by atoms with Gasteiger partial charge in [0.1, 0.15) is 0 Å². The third-order valence-corrected chi connectivity index (χ3v) is 4.78. The van der Waals surface area contributed by atoms with Crippen LogP contribution < -0.4 is 0 Å². The summed E-state index contributed by atoms with van der Waals surface area (Å²) in [6.45, 7) is 10.0. The average Bonchev–Trinajstić information content (AvgIpc) is 2.56. The highest BCUT2D eigenvalue weighted by Crippen LogP contribution is 2.35. The quantitative estimate of drug-likeness (QED) is 0.664. The molecule has 2 aromatic rings. The second-order valence-electron chi connectivity index (χ2n) is 7.72. The van der Waals surface area contributed by atoms with E-state index in [2.05, 4.69) is 100 Å². The molecule has 3 rings (SSSR count). The number of likely N-dealkylation sites (N-methyl/N-ethyl adjacent to an activating group) is 1. The van der Waals surface area contributed by atoms with Gasteiger partial charge in [0, 0.05) is 24.9 Å². The van der Waals surface area contributed by atoms with Gasteiger partial charge in [0.25, 0.3) is 0 Å². The zero-order chi connectivity index (χ0) is 17.3. The van der Waals surface area contributed by atoms with Gasteiger partial charge in [-0.25, -0.2) is 0 Å². The second kappa shape index (κ2) is 6.32. The van der Waals surface area contributed by atoms with Crippen LogP contribution in [-0.4, -0.2) is 18.5 Å². The third kappa shape index (κ3) is 3.31. The van der Waals surface area contributed by atoms with Crippen molar-refractivity contribution in [3.05, 3.63) is 77.4 Å². The van der Waals surface area contributed by atoms with Crippen LogP contribution in [0.1, 0.15) is 31.9 Å². The molecular weight excluding hydrogens is 290 g/mol. The SMILES string of the molecule is Cc1ccc(-c2ccccc2)cc1C1=CC(C(C)(C)C)=CCN1C. The Kier molecular flexibility index (Phi) is 4.36. The molecular formula is C23H27N. The van der Waals surface area contributed by atoms with Crippen molar-refractivity contribution in [1.29, 1.82) is 0 Å². The maximum atomic E-state index is 2.36. The van der Waals surface area contributed by atoms with Crippen LogP contribution in [0.15, 0.2) is 66.3 Å². The molecule has 0 unspecified atom stereocenters. The molecule has 0 atom stereocenters. The number of rotatable bonds is 2. The van der Waals surface area contributed by atoms with E-state index >= 15 is 0 Å². The maximum absolute atomic E-state index is 2.36. The molecule has 0 spiro atoms. The van der Waals surface area contributed by atoms with Crippen molar-refractivity contribution in [3.8, 4) is 11.1 Å². The molecule has 0 saturated carbocycles. The van der Waals surface area contributed by atoms with Crippen molar-refractivity contribution in [2.75, 3.05) is 13.6 Å². The molecule has 0 aromatic heterocycles. The molecule has 1 aliphatic heterocycles. The first kappa shape index (κ1) is 16.6. The van der Waals surface area contributed by atoms with Gasteiger partial charge < -0.3 is 4.90 Å². The number of benzene rings is 2. The minimum Gasteiger partial charge on any atom is -0.370 e. The normalized spacial score (nSPS) is 15.1. The summed E-state index contributed by atoms with van der Waals surface area (Å²) < 4.78 is 0. The predicted molar refractivity (Wildman–Crippen MR) is 105 cm³/mol. The molecule has 0 fully saturated rings. The molecule has 0 amide bonds. The Morgan fingerprint density at radius 3 is 2.29 bits per heavy atom. The van der Waals surface area contributed by atoms with Crippen LogP contribution in [0.25, 0.3) is 16.8 Å². The number of hydrogen-bond acceptors (Lipinski definition) is 1. The van der Waals surface area contributed by atoms with E-state index in [1.54, 1.807) is 0 Å². The van der Waals surface area contributed by atoms with Crippen molar-refractivity contribution in [3.63, 3.8) is 0 Å². The van der Waals surface area contributed by atoms with Crippen LogP contribution in [-0.2, 0) is 0 Å². The summed E-state index contributed by atoms with van der Waals surface area (Å²) in [4.78, 5) is 2.34. The lowest BCUT2D eigenvalue weighted by molar-refractivity contribution is 0.481. The fourth-order valence-corrected chi connectivity index (χ4v) is 3.16. The van der Waals surface area contributed by atoms with Crippen molar-refractivity contribution < 1.29 is 0 Å². The second-order valence-corrected chi connectivity index (χ2v) is 7.72. The Hall–Kier alpha value is -2.28. The van der Waals surface area contributed by atoms with Gasteiger partial charge in [0.15, 0.2) is 0 Å². The van der Waals surface area contributed by atoms with Crippen molar-refractivity contribution >= 4 is 5.70 Å². The molecule has 24 heavy (non-hydrogen) atoms. The Morgan fingerprint density at radius 2 is 1.62 bits per heavy atom. The fourth-order valence-electron chi connectivity index (χ4n) is 3.16. The molecule has 1 heteroatoms. The van der Waals surface area contributed by atoms with Crippen LogP contribution in [0.4, 0.5) is 0 Å². The smallest absolute Gasteiger partial charge is 0.0445 e. The van der Waals surface area contributed by atoms with Gasteiger partial charge in [0.05, 0.1) is 0 Å². The molecule has 2 aromatic carbocycles. The zero-order valence-electron chi connectivity index (χ0n) is 15.4. The highest BCUT2D eigenvalue weighted by atomic mass is 15.1. The van der Waals surface area contributed by atoms with Crippen LogP contribution in [0.3, 0.4) is 0 Å². The number of nitrogens with zero attached hydrogens (tertiary/aromatic N) is 1. The summed E-state index contributed by atoms with van der Waals surface area (Å²) >= 11 is 0. The highest BCUT2D eigenvalue weighted by molar-refractivity contribution is 5.76. The molecule has 0 N–H and O–H groups in total. The lowest BCUT2D eigenvalue weighted by Crippen LogP contribution is -2.23. The summed E-state index contributed by atoms with van der Waals surface area (Å²) in [6, 6.07) is 17.4. The van der Waals surface area contributed by atoms with Crippen LogP contribution >= 0.6 is 0 Å². The minimum atomic E-state index is 0.178. The van der Waals surface area contributed by atoms with E-state index in [4.69, 9.17) is 0 Å². The highest BCUT2D eigenvalue weighted by Gasteiger charge is 2.21. The van der Waals surface area contributed by atoms with Crippen LogP contribution in [0.2, 0.25) is 0 Å². The van der Waals surface area contributed by atoms with Crippen molar-refractivity contribution in [2.45, 2.75) is 27.7 Å². The summed E-state index contributed by atoms with van der Waals surface area (Å²) in [5, 5.41) is 0. The first-order chi connectivity index (χ1) is 11.4. The third-order valence-electron chi connectivity index (χ3n) is 4.78. The monoisotopic (exact) mass is 317 g/mol. The molecule has 1 heterocycles. The summed E-state index contributed by atoms with van der Waals surface area (Å²) in [5.74, 6) is 0. The molecule has 1 nitrogen and oxygen atoms in total. The van der Waals surface area contributed by atoms with Gasteiger partial charge in [-0.1, -0.05) is 69.3 Å². The fraction of sp³-hybridized carbons (Fsp3) is 0.304. The van der Waals surface area contributed by atoms with Crippen molar-refractivity contribution in [1.82, 2.24) is 4.90 Å². The first-order valence-electron chi connectivity index (χ1n) is 8.66. The van der Waals surface area contributed by atoms with Gasteiger partial charge in [0.2, 0.25) is 0 Å². The molecule has 0 saturated heterocycles. The topological polar surface area (TPSA) is 3.24 Å². The van der Waals surface area contributed by atoms with Gasteiger partial charge in [-0.2, -0.15) is 0 Å². The molecule has 1 aliphatic rings. The average molecular weight is 317 g/mol. The Labute approximate surface area is 146 Å². The zero-order valence-corrected chi connectivity index (χ0v) is 15.4. The summed E-state index contributed by atoms with van der Waals surface area (Å²) in [6.07, 6.45) is 4.71. The maximum Gasteiger partial charge on any atom is 0.0445 e. The predicted octanol–water partition coefficient (Wildman–Crippen LogP) is 5.92. The number of hydrogen-bond donors (Lipinski definition) is 0. The molecule has 0 bridgehead atoms. The standard InChI is InChI=1S/C23H27N/c1-17-11-12-19(18-9-7-6-8-10-18)15-21(17)22-16-20(23(2,3)4)13-14-24(22)5/h6-13,15-16H,14H2,1-5H3. The van der Waals surface area contributed by atoms with Crippen molar-refractivity contribution in [2.24, 2.45) is 5.41 Å². The Morgan fingerprint density at radius 1 is 0.917 bits per heavy atom. The lowest BCUT2D eigenvalue weighted by atomic mass is 9.83. The van der Waals surface area contributed by atoms with Gasteiger partial charge in [-0.15, -0.1) is 0 Å². The van der Waals surface area contributed by atoms with Gasteiger partial charge in [-0.3, -0.25) is 0 Å². The lowest BCUT2D eigenvalue weighted by Gasteiger charge is -2.31. The van der Waals surface area contributed by atoms with Crippen LogP contribution in [0.5, 0.6) is 0 Å².